The van der Waals surface area contributed by atoms with Gasteiger partial charge in [-0.25, -0.2) is 4.79 Å². The summed E-state index contributed by atoms with van der Waals surface area (Å²) < 4.78 is 5.36. The molecule has 8 heteroatoms. The predicted molar refractivity (Wildman–Crippen MR) is 138 cm³/mol. The van der Waals surface area contributed by atoms with Crippen LogP contribution in [-0.2, 0) is 14.3 Å². The highest BCUT2D eigenvalue weighted by Gasteiger charge is 2.42. The summed E-state index contributed by atoms with van der Waals surface area (Å²) in [5, 5.41) is 5.73. The Morgan fingerprint density at radius 2 is 1.74 bits per heavy atom. The standard InChI is InChI=1S/C26H41N3O4S/c1-16-12-13-19(17(2)14-16)21(22(30)28-25(3,4)5)29(18-10-9-11-18)23(31)20(15-34)27-24(32)33-26(6,7)8/h12-14,18,20-21,34H,9-11,15H2,1-8H3,(H,27,32)(H,28,30). The molecule has 3 amide bonds. The number of ether oxygens (including phenoxy) is 1. The third-order valence-corrected chi connectivity index (χ3v) is 6.00. The Hall–Kier alpha value is -2.22. The molecule has 7 nitrogen and oxygen atoms in total. The van der Waals surface area contributed by atoms with Crippen LogP contribution in [0.2, 0.25) is 0 Å². The summed E-state index contributed by atoms with van der Waals surface area (Å²) in [5.41, 5.74) is 1.63. The average Bonchev–Trinajstić information content (AvgIpc) is 2.62. The molecule has 0 aliphatic heterocycles. The number of rotatable bonds is 7. The molecule has 1 fully saturated rings. The molecule has 1 aromatic carbocycles. The second-order valence-electron chi connectivity index (χ2n) is 11.2. The molecule has 0 heterocycles. The lowest BCUT2D eigenvalue weighted by Crippen LogP contribution is -2.59. The number of hydrogen-bond acceptors (Lipinski definition) is 5. The minimum Gasteiger partial charge on any atom is -0.444 e. The summed E-state index contributed by atoms with van der Waals surface area (Å²) in [6.07, 6.45) is 1.92. The van der Waals surface area contributed by atoms with E-state index in [0.717, 1.165) is 36.0 Å². The quantitative estimate of drug-likeness (QED) is 0.491. The third kappa shape index (κ3) is 7.65. The molecule has 0 radical (unpaired) electrons. The highest BCUT2D eigenvalue weighted by Crippen LogP contribution is 2.35. The maximum absolute atomic E-state index is 13.9. The van der Waals surface area contributed by atoms with Gasteiger partial charge < -0.3 is 20.3 Å². The van der Waals surface area contributed by atoms with Crippen LogP contribution in [0.1, 0.15) is 83.5 Å². The molecular formula is C26H41N3O4S. The zero-order chi connectivity index (χ0) is 25.8. The van der Waals surface area contributed by atoms with E-state index in [2.05, 4.69) is 23.3 Å². The Kier molecular flexibility index (Phi) is 9.08. The molecule has 0 bridgehead atoms. The Labute approximate surface area is 209 Å². The minimum atomic E-state index is -0.922. The third-order valence-electron chi connectivity index (χ3n) is 5.64. The number of benzene rings is 1. The van der Waals surface area contributed by atoms with Crippen LogP contribution in [0.15, 0.2) is 18.2 Å². The van der Waals surface area contributed by atoms with E-state index in [9.17, 15) is 14.4 Å². The van der Waals surface area contributed by atoms with Gasteiger partial charge in [-0.2, -0.15) is 12.6 Å². The van der Waals surface area contributed by atoms with E-state index >= 15 is 0 Å². The lowest BCUT2D eigenvalue weighted by atomic mass is 9.87. The summed E-state index contributed by atoms with van der Waals surface area (Å²) in [6.45, 7) is 15.0. The van der Waals surface area contributed by atoms with Gasteiger partial charge in [0.05, 0.1) is 0 Å². The minimum absolute atomic E-state index is 0.0851. The molecule has 0 aromatic heterocycles. The van der Waals surface area contributed by atoms with E-state index in [1.165, 1.54) is 0 Å². The largest absolute Gasteiger partial charge is 0.444 e. The number of carbonyl (C=O) groups is 3. The highest BCUT2D eigenvalue weighted by atomic mass is 32.1. The van der Waals surface area contributed by atoms with Gasteiger partial charge in [0.2, 0.25) is 11.8 Å². The van der Waals surface area contributed by atoms with E-state index in [1.807, 2.05) is 52.8 Å². The molecule has 1 aliphatic rings. The van der Waals surface area contributed by atoms with Crippen LogP contribution in [0.5, 0.6) is 0 Å². The van der Waals surface area contributed by atoms with Gasteiger partial charge in [-0.3, -0.25) is 9.59 Å². The van der Waals surface area contributed by atoms with Gasteiger partial charge in [0.15, 0.2) is 0 Å². The normalized spacial score (nSPS) is 16.1. The lowest BCUT2D eigenvalue weighted by molar-refractivity contribution is -0.147. The fraction of sp³-hybridized carbons (Fsp3) is 0.654. The Morgan fingerprint density at radius 1 is 1.12 bits per heavy atom. The molecule has 0 spiro atoms. The molecule has 1 saturated carbocycles. The number of nitrogens with zero attached hydrogens (tertiary/aromatic N) is 1. The van der Waals surface area contributed by atoms with Gasteiger partial charge in [-0.15, -0.1) is 0 Å². The van der Waals surface area contributed by atoms with Crippen LogP contribution in [0.25, 0.3) is 0 Å². The Balaban J connectivity index is 2.49. The molecule has 1 aromatic rings. The molecule has 2 unspecified atom stereocenters. The first-order valence-corrected chi connectivity index (χ1v) is 12.6. The van der Waals surface area contributed by atoms with E-state index in [0.29, 0.717) is 0 Å². The van der Waals surface area contributed by atoms with Crippen molar-refractivity contribution >= 4 is 30.5 Å². The smallest absolute Gasteiger partial charge is 0.408 e. The van der Waals surface area contributed by atoms with E-state index in [-0.39, 0.29) is 23.6 Å². The van der Waals surface area contributed by atoms with E-state index in [4.69, 9.17) is 4.74 Å². The Morgan fingerprint density at radius 3 is 2.18 bits per heavy atom. The monoisotopic (exact) mass is 491 g/mol. The first-order valence-electron chi connectivity index (χ1n) is 11.9. The van der Waals surface area contributed by atoms with Crippen LogP contribution in [0, 0.1) is 13.8 Å². The molecule has 2 rings (SSSR count). The maximum atomic E-state index is 13.9. The van der Waals surface area contributed by atoms with Crippen molar-refractivity contribution in [2.24, 2.45) is 0 Å². The van der Waals surface area contributed by atoms with Gasteiger partial charge in [-0.05, 0) is 85.8 Å². The lowest BCUT2D eigenvalue weighted by Gasteiger charge is -2.44. The molecule has 2 atom stereocenters. The van der Waals surface area contributed by atoms with Crippen LogP contribution >= 0.6 is 12.6 Å². The van der Waals surface area contributed by atoms with Crippen molar-refractivity contribution in [1.29, 1.82) is 0 Å². The van der Waals surface area contributed by atoms with Crippen LogP contribution < -0.4 is 10.6 Å². The van der Waals surface area contributed by atoms with Crippen molar-refractivity contribution in [3.05, 3.63) is 34.9 Å². The summed E-state index contributed by atoms with van der Waals surface area (Å²) in [4.78, 5) is 41.7. The predicted octanol–water partition coefficient (Wildman–Crippen LogP) is 4.46. The maximum Gasteiger partial charge on any atom is 0.408 e. The number of hydrogen-bond donors (Lipinski definition) is 3. The highest BCUT2D eigenvalue weighted by molar-refractivity contribution is 7.80. The number of aryl methyl sites for hydroxylation is 2. The summed E-state index contributed by atoms with van der Waals surface area (Å²) in [6, 6.07) is 4.07. The average molecular weight is 492 g/mol. The molecule has 1 aliphatic carbocycles. The number of nitrogens with one attached hydrogen (secondary N) is 2. The first-order chi connectivity index (χ1) is 15.6. The number of amides is 3. The van der Waals surface area contributed by atoms with Gasteiger partial charge in [-0.1, -0.05) is 23.8 Å². The molecular weight excluding hydrogens is 450 g/mol. The van der Waals surface area contributed by atoms with Gasteiger partial charge >= 0.3 is 6.09 Å². The molecule has 190 valence electrons. The summed E-state index contributed by atoms with van der Waals surface area (Å²) in [5.74, 6) is -0.489. The number of carbonyl (C=O) groups excluding carboxylic acids is 3. The fourth-order valence-corrected chi connectivity index (χ4v) is 4.23. The molecule has 0 saturated heterocycles. The van der Waals surface area contributed by atoms with E-state index in [1.54, 1.807) is 25.7 Å². The van der Waals surface area contributed by atoms with Gasteiger partial charge in [0.25, 0.3) is 0 Å². The fourth-order valence-electron chi connectivity index (χ4n) is 3.99. The van der Waals surface area contributed by atoms with Crippen LogP contribution in [0.4, 0.5) is 4.79 Å². The number of thiol groups is 1. The SMILES string of the molecule is Cc1ccc(C(C(=O)NC(C)(C)C)N(C(=O)C(CS)NC(=O)OC(C)(C)C)C2CCC2)c(C)c1. The van der Waals surface area contributed by atoms with Crippen molar-refractivity contribution in [2.45, 2.75) is 104 Å². The van der Waals surface area contributed by atoms with Crippen molar-refractivity contribution in [1.82, 2.24) is 15.5 Å². The topological polar surface area (TPSA) is 87.7 Å². The first kappa shape index (κ1) is 28.0. The zero-order valence-corrected chi connectivity index (χ0v) is 22.7. The van der Waals surface area contributed by atoms with Gasteiger partial charge in [0.1, 0.15) is 17.7 Å². The molecule has 34 heavy (non-hydrogen) atoms. The second-order valence-corrected chi connectivity index (χ2v) is 11.6. The summed E-state index contributed by atoms with van der Waals surface area (Å²) >= 11 is 4.34. The van der Waals surface area contributed by atoms with Gasteiger partial charge in [0, 0.05) is 17.3 Å². The van der Waals surface area contributed by atoms with Crippen molar-refractivity contribution in [3.63, 3.8) is 0 Å². The summed E-state index contributed by atoms with van der Waals surface area (Å²) in [7, 11) is 0. The second kappa shape index (κ2) is 11.0. The molecule has 2 N–H and O–H groups in total. The van der Waals surface area contributed by atoms with E-state index < -0.39 is 29.3 Å². The van der Waals surface area contributed by atoms with Crippen LogP contribution in [-0.4, -0.2) is 51.8 Å². The van der Waals surface area contributed by atoms with Crippen molar-refractivity contribution in [2.75, 3.05) is 5.75 Å². The number of alkyl carbamates (subject to hydrolysis) is 1. The zero-order valence-electron chi connectivity index (χ0n) is 21.8. The van der Waals surface area contributed by atoms with Crippen molar-refractivity contribution in [3.8, 4) is 0 Å². The van der Waals surface area contributed by atoms with Crippen molar-refractivity contribution < 1.29 is 19.1 Å². The van der Waals surface area contributed by atoms with Crippen LogP contribution in [0.3, 0.4) is 0 Å². The Bertz CT molecular complexity index is 900.